The number of hydrazone groups is 1. The van der Waals surface area contributed by atoms with Gasteiger partial charge in [-0.15, -0.1) is 11.3 Å². The topological polar surface area (TPSA) is 104 Å². The van der Waals surface area contributed by atoms with Crippen LogP contribution in [-0.4, -0.2) is 15.6 Å². The quantitative estimate of drug-likeness (QED) is 0.250. The number of anilines is 1. The molecule has 0 amide bonds. The summed E-state index contributed by atoms with van der Waals surface area (Å²) in [6.07, 6.45) is 0. The normalized spacial score (nSPS) is 11.0. The largest absolute Gasteiger partial charge is 0.277 e. The van der Waals surface area contributed by atoms with Gasteiger partial charge in [0.2, 0.25) is 0 Å². The molecule has 1 heterocycles. The van der Waals surface area contributed by atoms with Gasteiger partial charge in [-0.05, 0) is 46.9 Å². The van der Waals surface area contributed by atoms with Crippen LogP contribution in [0.4, 0.5) is 11.4 Å². The van der Waals surface area contributed by atoms with E-state index >= 15 is 0 Å². The Kier molecular flexibility index (Phi) is 5.55. The minimum Gasteiger partial charge on any atom is -0.277 e. The van der Waals surface area contributed by atoms with Crippen LogP contribution < -0.4 is 5.43 Å². The SMILES string of the molecule is N#C/C(=N/Nc1ccc(I)cc1)c1nc(-c2cccc([N+](=O)[O-])c2)cs1. The molecule has 0 saturated carbocycles. The molecule has 0 radical (unpaired) electrons. The van der Waals surface area contributed by atoms with E-state index in [1.54, 1.807) is 17.5 Å². The zero-order valence-electron chi connectivity index (χ0n) is 13.1. The molecule has 3 aromatic rings. The molecule has 3 rings (SSSR count). The molecule has 1 N–H and O–H groups in total. The third-order valence-corrected chi connectivity index (χ3v) is 4.87. The van der Waals surface area contributed by atoms with Crippen molar-refractivity contribution in [3.8, 4) is 17.3 Å². The van der Waals surface area contributed by atoms with Gasteiger partial charge in [0.15, 0.2) is 10.7 Å². The fraction of sp³-hybridized carbons (Fsp3) is 0. The fourth-order valence-electron chi connectivity index (χ4n) is 2.06. The number of nitriles is 1. The predicted octanol–water partition coefficient (Wildman–Crippen LogP) is 4.66. The molecule has 0 unspecified atom stereocenters. The van der Waals surface area contributed by atoms with Gasteiger partial charge in [0.25, 0.3) is 5.69 Å². The zero-order valence-corrected chi connectivity index (χ0v) is 16.1. The monoisotopic (exact) mass is 475 g/mol. The van der Waals surface area contributed by atoms with Gasteiger partial charge in [-0.3, -0.25) is 15.5 Å². The molecule has 0 aliphatic rings. The van der Waals surface area contributed by atoms with Crippen LogP contribution >= 0.6 is 33.9 Å². The number of thiazole rings is 1. The molecule has 0 atom stereocenters. The van der Waals surface area contributed by atoms with Crippen LogP contribution in [0.2, 0.25) is 0 Å². The summed E-state index contributed by atoms with van der Waals surface area (Å²) in [7, 11) is 0. The highest BCUT2D eigenvalue weighted by molar-refractivity contribution is 14.1. The minimum absolute atomic E-state index is 0.00778. The number of halogens is 1. The lowest BCUT2D eigenvalue weighted by molar-refractivity contribution is -0.384. The molecule has 0 saturated heterocycles. The Morgan fingerprint density at radius 3 is 2.77 bits per heavy atom. The van der Waals surface area contributed by atoms with Gasteiger partial charge in [-0.1, -0.05) is 12.1 Å². The van der Waals surface area contributed by atoms with Crippen molar-refractivity contribution < 1.29 is 4.92 Å². The Morgan fingerprint density at radius 1 is 1.31 bits per heavy atom. The number of nitro benzene ring substituents is 1. The van der Waals surface area contributed by atoms with Gasteiger partial charge in [-0.2, -0.15) is 10.4 Å². The maximum absolute atomic E-state index is 10.9. The highest BCUT2D eigenvalue weighted by atomic mass is 127. The Bertz CT molecular complexity index is 1020. The minimum atomic E-state index is -0.454. The van der Waals surface area contributed by atoms with Crippen molar-refractivity contribution in [1.29, 1.82) is 5.26 Å². The first-order valence-corrected chi connectivity index (χ1v) is 9.23. The van der Waals surface area contributed by atoms with Crippen molar-refractivity contribution in [3.05, 3.63) is 72.6 Å². The van der Waals surface area contributed by atoms with Crippen LogP contribution in [-0.2, 0) is 0 Å². The lowest BCUT2D eigenvalue weighted by Gasteiger charge is -2.00. The Hall–Kier alpha value is -2.84. The third kappa shape index (κ3) is 4.22. The molecule has 0 bridgehead atoms. The summed E-state index contributed by atoms with van der Waals surface area (Å²) in [6.45, 7) is 0. The van der Waals surface area contributed by atoms with Crippen molar-refractivity contribution >= 4 is 51.0 Å². The second-order valence-electron chi connectivity index (χ2n) is 5.04. The summed E-state index contributed by atoms with van der Waals surface area (Å²) >= 11 is 3.46. The van der Waals surface area contributed by atoms with Crippen LogP contribution in [0.5, 0.6) is 0 Å². The van der Waals surface area contributed by atoms with E-state index in [4.69, 9.17) is 0 Å². The molecule has 26 heavy (non-hydrogen) atoms. The lowest BCUT2D eigenvalue weighted by atomic mass is 10.1. The summed E-state index contributed by atoms with van der Waals surface area (Å²) in [6, 6.07) is 15.8. The van der Waals surface area contributed by atoms with Gasteiger partial charge in [0, 0.05) is 26.6 Å². The van der Waals surface area contributed by atoms with Crippen LogP contribution in [0.1, 0.15) is 5.01 Å². The first-order valence-electron chi connectivity index (χ1n) is 7.27. The number of hydrogen-bond donors (Lipinski definition) is 1. The summed E-state index contributed by atoms with van der Waals surface area (Å²) in [4.78, 5) is 14.8. The van der Waals surface area contributed by atoms with Gasteiger partial charge in [0.05, 0.1) is 16.3 Å². The number of benzene rings is 2. The average Bonchev–Trinajstić information content (AvgIpc) is 3.14. The Morgan fingerprint density at radius 2 is 2.08 bits per heavy atom. The fourth-order valence-corrected chi connectivity index (χ4v) is 3.19. The highest BCUT2D eigenvalue weighted by Gasteiger charge is 2.13. The maximum Gasteiger partial charge on any atom is 0.270 e. The first-order chi connectivity index (χ1) is 12.6. The molecule has 0 fully saturated rings. The molecule has 128 valence electrons. The molecular formula is C17H10IN5O2S. The number of nitrogens with one attached hydrogen (secondary N) is 1. The number of hydrogen-bond acceptors (Lipinski definition) is 7. The number of rotatable bonds is 5. The lowest BCUT2D eigenvalue weighted by Crippen LogP contribution is -2.01. The number of nitrogens with zero attached hydrogens (tertiary/aromatic N) is 4. The van der Waals surface area contributed by atoms with E-state index in [9.17, 15) is 15.4 Å². The van der Waals surface area contributed by atoms with E-state index in [0.717, 1.165) is 9.26 Å². The molecule has 0 aliphatic carbocycles. The van der Waals surface area contributed by atoms with E-state index in [1.165, 1.54) is 23.5 Å². The van der Waals surface area contributed by atoms with Crippen LogP contribution in [0.15, 0.2) is 59.0 Å². The maximum atomic E-state index is 10.9. The Balaban J connectivity index is 1.84. The molecule has 9 heteroatoms. The van der Waals surface area contributed by atoms with Gasteiger partial charge < -0.3 is 0 Å². The van der Waals surface area contributed by atoms with Crippen molar-refractivity contribution in [3.63, 3.8) is 0 Å². The smallest absolute Gasteiger partial charge is 0.270 e. The highest BCUT2D eigenvalue weighted by Crippen LogP contribution is 2.25. The van der Waals surface area contributed by atoms with Crippen molar-refractivity contribution in [2.75, 3.05) is 5.43 Å². The molecule has 2 aromatic carbocycles. The Labute approximate surface area is 166 Å². The number of aromatic nitrogens is 1. The second kappa shape index (κ2) is 8.03. The van der Waals surface area contributed by atoms with Crippen LogP contribution in [0.3, 0.4) is 0 Å². The molecule has 7 nitrogen and oxygen atoms in total. The van der Waals surface area contributed by atoms with E-state index in [2.05, 4.69) is 38.1 Å². The van der Waals surface area contributed by atoms with Crippen molar-refractivity contribution in [2.45, 2.75) is 0 Å². The van der Waals surface area contributed by atoms with Crippen LogP contribution in [0.25, 0.3) is 11.3 Å². The predicted molar refractivity (Wildman–Crippen MR) is 109 cm³/mol. The summed E-state index contributed by atoms with van der Waals surface area (Å²) < 4.78 is 1.10. The second-order valence-corrected chi connectivity index (χ2v) is 7.14. The third-order valence-electron chi connectivity index (χ3n) is 3.31. The van der Waals surface area contributed by atoms with E-state index in [1.807, 2.05) is 30.3 Å². The van der Waals surface area contributed by atoms with Gasteiger partial charge in [0.1, 0.15) is 6.07 Å². The molecule has 0 spiro atoms. The summed E-state index contributed by atoms with van der Waals surface area (Å²) in [5.74, 6) is 0. The van der Waals surface area contributed by atoms with Gasteiger partial charge in [-0.25, -0.2) is 4.98 Å². The van der Waals surface area contributed by atoms with Gasteiger partial charge >= 0.3 is 0 Å². The summed E-state index contributed by atoms with van der Waals surface area (Å²) in [5.41, 5.74) is 4.90. The first kappa shape index (κ1) is 18.0. The number of nitro groups is 1. The standard InChI is InChI=1S/C17H10IN5O2S/c18-12-4-6-13(7-5-12)21-22-15(9-19)17-20-16(10-26-17)11-2-1-3-14(8-11)23(24)25/h1-8,10,21H/b22-15-. The van der Waals surface area contributed by atoms with Crippen LogP contribution in [0, 0.1) is 25.0 Å². The van der Waals surface area contributed by atoms with Crippen molar-refractivity contribution in [2.24, 2.45) is 5.10 Å². The van der Waals surface area contributed by atoms with E-state index < -0.39 is 4.92 Å². The van der Waals surface area contributed by atoms with Crippen molar-refractivity contribution in [1.82, 2.24) is 4.98 Å². The molecule has 0 aliphatic heterocycles. The zero-order chi connectivity index (χ0) is 18.5. The average molecular weight is 475 g/mol. The summed E-state index contributed by atoms with van der Waals surface area (Å²) in [5, 5.41) is 26.5. The molecule has 1 aromatic heterocycles. The molecular weight excluding hydrogens is 465 g/mol. The van der Waals surface area contributed by atoms with E-state index in [-0.39, 0.29) is 11.4 Å². The number of non-ortho nitro benzene ring substituents is 1. The van der Waals surface area contributed by atoms with E-state index in [0.29, 0.717) is 16.3 Å².